The molecule has 2 rings (SSSR count). The standard InChI is InChI=1S/C8H12ClN3OS/c1-6-3-12(4-7(2-9)13-6)8-11-10-5-14-8/h5-7H,2-4H2,1H3. The second-order valence-electron chi connectivity index (χ2n) is 3.35. The van der Waals surface area contributed by atoms with Gasteiger partial charge in [0.2, 0.25) is 5.13 Å². The third-order valence-electron chi connectivity index (χ3n) is 2.12. The fourth-order valence-corrected chi connectivity index (χ4v) is 2.34. The first-order chi connectivity index (χ1) is 6.79. The van der Waals surface area contributed by atoms with E-state index in [9.17, 15) is 0 Å². The topological polar surface area (TPSA) is 38.2 Å². The van der Waals surface area contributed by atoms with Crippen molar-refractivity contribution in [1.29, 1.82) is 0 Å². The largest absolute Gasteiger partial charge is 0.370 e. The van der Waals surface area contributed by atoms with E-state index in [0.717, 1.165) is 18.2 Å². The molecule has 0 bridgehead atoms. The summed E-state index contributed by atoms with van der Waals surface area (Å²) in [6.07, 6.45) is 0.306. The highest BCUT2D eigenvalue weighted by molar-refractivity contribution is 7.13. The van der Waals surface area contributed by atoms with Gasteiger partial charge in [-0.2, -0.15) is 0 Å². The Morgan fingerprint density at radius 2 is 2.57 bits per heavy atom. The molecule has 2 unspecified atom stereocenters. The predicted molar refractivity (Wildman–Crippen MR) is 57.2 cm³/mol. The van der Waals surface area contributed by atoms with Crippen molar-refractivity contribution in [2.75, 3.05) is 23.9 Å². The van der Waals surface area contributed by atoms with Crippen molar-refractivity contribution in [2.45, 2.75) is 19.1 Å². The summed E-state index contributed by atoms with van der Waals surface area (Å²) in [7, 11) is 0. The zero-order valence-corrected chi connectivity index (χ0v) is 9.46. The smallest absolute Gasteiger partial charge is 0.208 e. The minimum Gasteiger partial charge on any atom is -0.370 e. The number of ether oxygens (including phenoxy) is 1. The molecular weight excluding hydrogens is 222 g/mol. The highest BCUT2D eigenvalue weighted by Crippen LogP contribution is 2.21. The number of anilines is 1. The van der Waals surface area contributed by atoms with Crippen LogP contribution in [0.15, 0.2) is 5.51 Å². The molecule has 0 aliphatic carbocycles. The number of morpholine rings is 1. The van der Waals surface area contributed by atoms with Gasteiger partial charge in [-0.25, -0.2) is 0 Å². The molecule has 4 nitrogen and oxygen atoms in total. The summed E-state index contributed by atoms with van der Waals surface area (Å²) >= 11 is 7.34. The molecule has 1 aliphatic rings. The number of alkyl halides is 1. The van der Waals surface area contributed by atoms with Crippen LogP contribution in [0.2, 0.25) is 0 Å². The molecular formula is C8H12ClN3OS. The molecule has 78 valence electrons. The van der Waals surface area contributed by atoms with Crippen molar-refractivity contribution in [1.82, 2.24) is 10.2 Å². The van der Waals surface area contributed by atoms with Gasteiger partial charge in [0.15, 0.2) is 0 Å². The Morgan fingerprint density at radius 1 is 1.71 bits per heavy atom. The summed E-state index contributed by atoms with van der Waals surface area (Å²) in [4.78, 5) is 2.18. The van der Waals surface area contributed by atoms with Crippen molar-refractivity contribution in [2.24, 2.45) is 0 Å². The molecule has 1 fully saturated rings. The zero-order chi connectivity index (χ0) is 9.97. The third-order valence-corrected chi connectivity index (χ3v) is 3.21. The monoisotopic (exact) mass is 233 g/mol. The van der Waals surface area contributed by atoms with Gasteiger partial charge >= 0.3 is 0 Å². The fourth-order valence-electron chi connectivity index (χ4n) is 1.59. The van der Waals surface area contributed by atoms with Crippen LogP contribution in [0.25, 0.3) is 0 Å². The second-order valence-corrected chi connectivity index (χ2v) is 4.47. The minimum atomic E-state index is 0.101. The molecule has 1 saturated heterocycles. The maximum atomic E-state index is 5.79. The molecule has 0 saturated carbocycles. The van der Waals surface area contributed by atoms with E-state index in [1.807, 2.05) is 6.92 Å². The number of aromatic nitrogens is 2. The lowest BCUT2D eigenvalue weighted by atomic mass is 10.2. The second kappa shape index (κ2) is 4.42. The van der Waals surface area contributed by atoms with Gasteiger partial charge in [0.1, 0.15) is 5.51 Å². The van der Waals surface area contributed by atoms with Gasteiger partial charge in [-0.3, -0.25) is 0 Å². The molecule has 6 heteroatoms. The zero-order valence-electron chi connectivity index (χ0n) is 7.89. The van der Waals surface area contributed by atoms with Crippen molar-refractivity contribution >= 4 is 28.1 Å². The molecule has 0 spiro atoms. The maximum Gasteiger partial charge on any atom is 0.208 e. The number of rotatable bonds is 2. The molecule has 2 heterocycles. The maximum absolute atomic E-state index is 5.79. The average molecular weight is 234 g/mol. The van der Waals surface area contributed by atoms with Crippen LogP contribution >= 0.6 is 22.9 Å². The van der Waals surface area contributed by atoms with Crippen LogP contribution in [-0.2, 0) is 4.74 Å². The van der Waals surface area contributed by atoms with Crippen LogP contribution in [0.1, 0.15) is 6.92 Å². The van der Waals surface area contributed by atoms with E-state index in [1.54, 1.807) is 16.8 Å². The van der Waals surface area contributed by atoms with Gasteiger partial charge in [-0.15, -0.1) is 21.8 Å². The Morgan fingerprint density at radius 3 is 3.21 bits per heavy atom. The minimum absolute atomic E-state index is 0.101. The van der Waals surface area contributed by atoms with Crippen LogP contribution in [0, 0.1) is 0 Å². The summed E-state index contributed by atoms with van der Waals surface area (Å²) in [5.41, 5.74) is 1.74. The van der Waals surface area contributed by atoms with Crippen molar-refractivity contribution in [3.8, 4) is 0 Å². The van der Waals surface area contributed by atoms with E-state index in [2.05, 4.69) is 15.1 Å². The number of nitrogens with zero attached hydrogens (tertiary/aromatic N) is 3. The third kappa shape index (κ3) is 2.16. The van der Waals surface area contributed by atoms with Gasteiger partial charge in [0, 0.05) is 13.1 Å². The summed E-state index contributed by atoms with van der Waals surface area (Å²) in [6.45, 7) is 3.72. The van der Waals surface area contributed by atoms with E-state index in [1.165, 1.54) is 0 Å². The summed E-state index contributed by atoms with van der Waals surface area (Å²) in [5, 5.41) is 8.82. The highest BCUT2D eigenvalue weighted by Gasteiger charge is 2.26. The van der Waals surface area contributed by atoms with Crippen LogP contribution in [-0.4, -0.2) is 41.4 Å². The van der Waals surface area contributed by atoms with Crippen LogP contribution in [0.4, 0.5) is 5.13 Å². The van der Waals surface area contributed by atoms with E-state index in [0.29, 0.717) is 5.88 Å². The van der Waals surface area contributed by atoms with Crippen molar-refractivity contribution in [3.63, 3.8) is 0 Å². The summed E-state index contributed by atoms with van der Waals surface area (Å²) < 4.78 is 5.65. The SMILES string of the molecule is CC1CN(c2nncs2)CC(CCl)O1. The number of hydrogen-bond acceptors (Lipinski definition) is 5. The van der Waals surface area contributed by atoms with Gasteiger partial charge in [-0.1, -0.05) is 11.3 Å². The Balaban J connectivity index is 2.05. The Labute approximate surface area is 91.8 Å². The van der Waals surface area contributed by atoms with E-state index < -0.39 is 0 Å². The van der Waals surface area contributed by atoms with E-state index in [-0.39, 0.29) is 12.2 Å². The lowest BCUT2D eigenvalue weighted by Crippen LogP contribution is -2.47. The molecule has 0 aromatic carbocycles. The molecule has 2 atom stereocenters. The Kier molecular flexibility index (Phi) is 3.20. The summed E-state index contributed by atoms with van der Waals surface area (Å²) in [5.74, 6) is 0.527. The number of halogens is 1. The van der Waals surface area contributed by atoms with Crippen LogP contribution in [0.3, 0.4) is 0 Å². The van der Waals surface area contributed by atoms with Gasteiger partial charge in [0.05, 0.1) is 18.1 Å². The quantitative estimate of drug-likeness (QED) is 0.724. The number of hydrogen-bond donors (Lipinski definition) is 0. The van der Waals surface area contributed by atoms with Crippen LogP contribution < -0.4 is 4.90 Å². The molecule has 0 amide bonds. The van der Waals surface area contributed by atoms with Gasteiger partial charge in [-0.05, 0) is 6.92 Å². The molecule has 1 aromatic rings. The lowest BCUT2D eigenvalue weighted by Gasteiger charge is -2.35. The predicted octanol–water partition coefficient (Wildman–Crippen LogP) is 1.37. The molecule has 1 aliphatic heterocycles. The first-order valence-corrected chi connectivity index (χ1v) is 5.93. The Hall–Kier alpha value is -0.390. The molecule has 14 heavy (non-hydrogen) atoms. The Bertz CT molecular complexity index is 282. The average Bonchev–Trinajstić information content (AvgIpc) is 2.69. The van der Waals surface area contributed by atoms with E-state index in [4.69, 9.17) is 16.3 Å². The fraction of sp³-hybridized carbons (Fsp3) is 0.750. The summed E-state index contributed by atoms with van der Waals surface area (Å²) in [6, 6.07) is 0. The van der Waals surface area contributed by atoms with Crippen molar-refractivity contribution < 1.29 is 4.74 Å². The van der Waals surface area contributed by atoms with Crippen LogP contribution in [0.5, 0.6) is 0 Å². The highest BCUT2D eigenvalue weighted by atomic mass is 35.5. The first kappa shape index (κ1) is 10.1. The van der Waals surface area contributed by atoms with Crippen molar-refractivity contribution in [3.05, 3.63) is 5.51 Å². The van der Waals surface area contributed by atoms with Gasteiger partial charge < -0.3 is 9.64 Å². The molecule has 0 N–H and O–H groups in total. The lowest BCUT2D eigenvalue weighted by molar-refractivity contribution is -0.00337. The molecule has 0 radical (unpaired) electrons. The first-order valence-electron chi connectivity index (χ1n) is 4.52. The molecule has 1 aromatic heterocycles. The van der Waals surface area contributed by atoms with E-state index >= 15 is 0 Å². The normalized spacial score (nSPS) is 28.0. The van der Waals surface area contributed by atoms with Gasteiger partial charge in [0.25, 0.3) is 0 Å².